The van der Waals surface area contributed by atoms with Crippen LogP contribution in [0.3, 0.4) is 0 Å². The van der Waals surface area contributed by atoms with Crippen LogP contribution in [-0.4, -0.2) is 29.2 Å². The number of nitrogens with zero attached hydrogens (tertiary/aromatic N) is 2. The Balaban J connectivity index is 2.44. The molecular weight excluding hydrogens is 278 g/mol. The van der Waals surface area contributed by atoms with E-state index in [1.807, 2.05) is 0 Å². The molecule has 0 saturated heterocycles. The number of carbonyl (C=O) groups excluding carboxylic acids is 2. The molecule has 0 radical (unpaired) electrons. The summed E-state index contributed by atoms with van der Waals surface area (Å²) in [5, 5.41) is 10.1. The van der Waals surface area contributed by atoms with Gasteiger partial charge in [-0.2, -0.15) is 10.2 Å². The number of carbonyl (C=O) groups is 2. The number of nitrogens with one attached hydrogen (secondary N) is 1. The first kappa shape index (κ1) is 13.9. The van der Waals surface area contributed by atoms with Gasteiger partial charge in [0.2, 0.25) is 5.91 Å². The van der Waals surface area contributed by atoms with E-state index in [4.69, 9.17) is 4.74 Å². The van der Waals surface area contributed by atoms with Crippen molar-refractivity contribution < 1.29 is 14.3 Å². The minimum atomic E-state index is -0.511. The molecule has 1 amide bonds. The number of hydrogen-bond acceptors (Lipinski definition) is 6. The summed E-state index contributed by atoms with van der Waals surface area (Å²) in [5.74, 6) is -0.907. The van der Waals surface area contributed by atoms with Crippen LogP contribution in [0.5, 0.6) is 0 Å². The monoisotopic (exact) mass is 289 g/mol. The molecule has 2 rings (SSSR count). The fourth-order valence-electron chi connectivity index (χ4n) is 1.49. The van der Waals surface area contributed by atoms with E-state index in [0.29, 0.717) is 10.6 Å². The van der Waals surface area contributed by atoms with Gasteiger partial charge in [-0.1, -0.05) is 6.58 Å². The molecule has 20 heavy (non-hydrogen) atoms. The second-order valence-corrected chi connectivity index (χ2v) is 4.72. The minimum absolute atomic E-state index is 0.314. The van der Waals surface area contributed by atoms with E-state index in [1.54, 1.807) is 24.5 Å². The normalized spacial score (nSPS) is 9.85. The van der Waals surface area contributed by atoms with Gasteiger partial charge in [0.05, 0.1) is 25.2 Å². The van der Waals surface area contributed by atoms with Crippen molar-refractivity contribution in [2.24, 2.45) is 0 Å². The molecule has 102 valence electrons. The third-order valence-electron chi connectivity index (χ3n) is 2.41. The second kappa shape index (κ2) is 6.07. The summed E-state index contributed by atoms with van der Waals surface area (Å²) in [5.41, 5.74) is 1.19. The third kappa shape index (κ3) is 2.89. The molecule has 0 unspecified atom stereocenters. The smallest absolute Gasteiger partial charge is 0.350 e. The average Bonchev–Trinajstić information content (AvgIpc) is 2.91. The highest BCUT2D eigenvalue weighted by molar-refractivity contribution is 7.18. The fourth-order valence-corrected chi connectivity index (χ4v) is 2.51. The van der Waals surface area contributed by atoms with Gasteiger partial charge in [0.15, 0.2) is 0 Å². The van der Waals surface area contributed by atoms with Gasteiger partial charge in [-0.15, -0.1) is 11.3 Å². The quantitative estimate of drug-likeness (QED) is 0.688. The summed E-state index contributed by atoms with van der Waals surface area (Å²) in [6, 6.07) is 3.45. The zero-order chi connectivity index (χ0) is 14.5. The summed E-state index contributed by atoms with van der Waals surface area (Å²) < 4.78 is 4.71. The summed E-state index contributed by atoms with van der Waals surface area (Å²) in [6.45, 7) is 3.37. The highest BCUT2D eigenvalue weighted by Gasteiger charge is 2.18. The molecule has 2 heterocycles. The van der Waals surface area contributed by atoms with E-state index in [1.165, 1.54) is 18.4 Å². The molecule has 0 atom stereocenters. The van der Waals surface area contributed by atoms with Gasteiger partial charge in [-0.05, 0) is 18.2 Å². The van der Waals surface area contributed by atoms with E-state index in [2.05, 4.69) is 22.1 Å². The zero-order valence-electron chi connectivity index (χ0n) is 10.6. The zero-order valence-corrected chi connectivity index (χ0v) is 11.4. The Bertz CT molecular complexity index is 652. The Morgan fingerprint density at radius 3 is 2.85 bits per heavy atom. The summed E-state index contributed by atoms with van der Waals surface area (Å²) >= 11 is 1.21. The maximum absolute atomic E-state index is 11.7. The van der Waals surface area contributed by atoms with Crippen molar-refractivity contribution in [3.05, 3.63) is 42.1 Å². The Hall–Kier alpha value is -2.54. The van der Waals surface area contributed by atoms with Crippen molar-refractivity contribution in [2.45, 2.75) is 0 Å². The number of ether oxygens (including phenoxy) is 1. The van der Waals surface area contributed by atoms with Crippen LogP contribution < -0.4 is 5.32 Å². The molecule has 0 spiro atoms. The molecule has 0 bridgehead atoms. The van der Waals surface area contributed by atoms with Crippen molar-refractivity contribution in [1.82, 2.24) is 10.2 Å². The average molecular weight is 289 g/mol. The van der Waals surface area contributed by atoms with Crippen LogP contribution in [0.2, 0.25) is 0 Å². The Kier molecular flexibility index (Phi) is 4.21. The van der Waals surface area contributed by atoms with Crippen LogP contribution in [0.1, 0.15) is 9.67 Å². The summed E-state index contributed by atoms with van der Waals surface area (Å²) in [4.78, 5) is 24.2. The standard InChI is InChI=1S/C13H11N3O3S/c1-3-11(17)16-9-6-10(8-4-5-14-15-7-8)20-12(9)13(18)19-2/h3-7H,1H2,2H3,(H,16,17). The first-order valence-electron chi connectivity index (χ1n) is 5.58. The number of thiophene rings is 1. The lowest BCUT2D eigenvalue weighted by molar-refractivity contribution is -0.111. The summed E-state index contributed by atoms with van der Waals surface area (Å²) in [6.07, 6.45) is 4.26. The first-order valence-corrected chi connectivity index (χ1v) is 6.40. The molecule has 1 N–H and O–H groups in total. The van der Waals surface area contributed by atoms with E-state index in [-0.39, 0.29) is 0 Å². The lowest BCUT2D eigenvalue weighted by Gasteiger charge is -2.01. The number of aromatic nitrogens is 2. The van der Waals surface area contributed by atoms with E-state index in [9.17, 15) is 9.59 Å². The number of rotatable bonds is 4. The van der Waals surface area contributed by atoms with Crippen molar-refractivity contribution in [3.8, 4) is 10.4 Å². The Morgan fingerprint density at radius 1 is 1.45 bits per heavy atom. The fraction of sp³-hybridized carbons (Fsp3) is 0.0769. The van der Waals surface area contributed by atoms with Gasteiger partial charge in [0, 0.05) is 10.4 Å². The molecule has 7 heteroatoms. The molecule has 0 aliphatic rings. The van der Waals surface area contributed by atoms with Crippen molar-refractivity contribution in [3.63, 3.8) is 0 Å². The Labute approximate surface area is 119 Å². The number of hydrogen-bond donors (Lipinski definition) is 1. The highest BCUT2D eigenvalue weighted by atomic mass is 32.1. The molecule has 0 fully saturated rings. The van der Waals surface area contributed by atoms with Crippen molar-refractivity contribution in [2.75, 3.05) is 12.4 Å². The van der Waals surface area contributed by atoms with Crippen LogP contribution in [0.25, 0.3) is 10.4 Å². The lowest BCUT2D eigenvalue weighted by Crippen LogP contribution is -2.10. The van der Waals surface area contributed by atoms with Gasteiger partial charge in [0.25, 0.3) is 0 Å². The van der Waals surface area contributed by atoms with Gasteiger partial charge >= 0.3 is 5.97 Å². The molecule has 2 aromatic rings. The molecular formula is C13H11N3O3S. The Morgan fingerprint density at radius 2 is 2.25 bits per heavy atom. The van der Waals surface area contributed by atoms with E-state index >= 15 is 0 Å². The number of anilines is 1. The minimum Gasteiger partial charge on any atom is -0.465 e. The van der Waals surface area contributed by atoms with Gasteiger partial charge in [0.1, 0.15) is 4.88 Å². The van der Waals surface area contributed by atoms with Crippen LogP contribution in [0.15, 0.2) is 37.2 Å². The molecule has 0 saturated carbocycles. The highest BCUT2D eigenvalue weighted by Crippen LogP contribution is 2.34. The molecule has 0 aromatic carbocycles. The summed E-state index contributed by atoms with van der Waals surface area (Å²) in [7, 11) is 1.29. The van der Waals surface area contributed by atoms with Crippen LogP contribution in [0, 0.1) is 0 Å². The molecule has 2 aromatic heterocycles. The van der Waals surface area contributed by atoms with Crippen LogP contribution in [0.4, 0.5) is 5.69 Å². The number of methoxy groups -OCH3 is 1. The predicted octanol–water partition coefficient (Wildman–Crippen LogP) is 2.12. The van der Waals surface area contributed by atoms with Crippen LogP contribution in [-0.2, 0) is 9.53 Å². The molecule has 0 aliphatic heterocycles. The second-order valence-electron chi connectivity index (χ2n) is 3.67. The van der Waals surface area contributed by atoms with Crippen molar-refractivity contribution >= 4 is 28.9 Å². The maximum atomic E-state index is 11.7. The molecule has 6 nitrogen and oxygen atoms in total. The topological polar surface area (TPSA) is 81.2 Å². The maximum Gasteiger partial charge on any atom is 0.350 e. The SMILES string of the molecule is C=CC(=O)Nc1cc(-c2ccnnc2)sc1C(=O)OC. The first-order chi connectivity index (χ1) is 9.65. The third-order valence-corrected chi connectivity index (χ3v) is 3.58. The van der Waals surface area contributed by atoms with Gasteiger partial charge < -0.3 is 10.1 Å². The van der Waals surface area contributed by atoms with Crippen LogP contribution >= 0.6 is 11.3 Å². The largest absolute Gasteiger partial charge is 0.465 e. The van der Waals surface area contributed by atoms with E-state index < -0.39 is 11.9 Å². The van der Waals surface area contributed by atoms with E-state index in [0.717, 1.165) is 16.5 Å². The van der Waals surface area contributed by atoms with Crippen molar-refractivity contribution in [1.29, 1.82) is 0 Å². The molecule has 0 aliphatic carbocycles. The predicted molar refractivity (Wildman–Crippen MR) is 75.5 cm³/mol. The lowest BCUT2D eigenvalue weighted by atomic mass is 10.2. The number of amides is 1. The van der Waals surface area contributed by atoms with Gasteiger partial charge in [-0.25, -0.2) is 4.79 Å². The van der Waals surface area contributed by atoms with Gasteiger partial charge in [-0.3, -0.25) is 4.79 Å². The number of esters is 1.